The van der Waals surface area contributed by atoms with Gasteiger partial charge in [-0.3, -0.25) is 0 Å². The molecular weight excluding hydrogens is 220 g/mol. The lowest BCUT2D eigenvalue weighted by atomic mass is 9.74. The summed E-state index contributed by atoms with van der Waals surface area (Å²) >= 11 is 0. The highest BCUT2D eigenvalue weighted by molar-refractivity contribution is 5.24. The van der Waals surface area contributed by atoms with E-state index < -0.39 is 11.6 Å². The lowest BCUT2D eigenvalue weighted by Gasteiger charge is -2.34. The van der Waals surface area contributed by atoms with Crippen LogP contribution in [0.5, 0.6) is 0 Å². The van der Waals surface area contributed by atoms with Crippen LogP contribution in [-0.4, -0.2) is 6.04 Å². The van der Waals surface area contributed by atoms with Crippen LogP contribution >= 0.6 is 0 Å². The van der Waals surface area contributed by atoms with Gasteiger partial charge in [-0.1, -0.05) is 13.3 Å². The Balaban J connectivity index is 2.24. The number of benzene rings is 1. The number of halogens is 2. The molecule has 0 bridgehead atoms. The van der Waals surface area contributed by atoms with Crippen molar-refractivity contribution in [1.82, 2.24) is 0 Å². The van der Waals surface area contributed by atoms with Crippen molar-refractivity contribution in [2.45, 2.75) is 44.6 Å². The first kappa shape index (κ1) is 12.5. The fraction of sp³-hybridized carbons (Fsp3) is 0.571. The molecular formula is C14H19F2N. The number of hydrogen-bond donors (Lipinski definition) is 1. The molecule has 0 aromatic heterocycles. The van der Waals surface area contributed by atoms with Gasteiger partial charge in [-0.15, -0.1) is 0 Å². The highest BCUT2D eigenvalue weighted by atomic mass is 19.1. The van der Waals surface area contributed by atoms with Gasteiger partial charge in [0.25, 0.3) is 0 Å². The van der Waals surface area contributed by atoms with Gasteiger partial charge in [-0.2, -0.15) is 0 Å². The Kier molecular flexibility index (Phi) is 3.77. The molecule has 1 aromatic carbocycles. The number of hydrogen-bond acceptors (Lipinski definition) is 1. The Hall–Kier alpha value is -0.960. The van der Waals surface area contributed by atoms with Crippen molar-refractivity contribution in [3.05, 3.63) is 35.4 Å². The topological polar surface area (TPSA) is 26.0 Å². The van der Waals surface area contributed by atoms with Crippen molar-refractivity contribution in [1.29, 1.82) is 0 Å². The molecule has 0 amide bonds. The van der Waals surface area contributed by atoms with E-state index in [0.29, 0.717) is 11.5 Å². The van der Waals surface area contributed by atoms with Crippen molar-refractivity contribution in [2.24, 2.45) is 11.7 Å². The molecule has 17 heavy (non-hydrogen) atoms. The predicted octanol–water partition coefficient (Wildman–Crippen LogP) is 3.59. The molecule has 3 heteroatoms. The van der Waals surface area contributed by atoms with E-state index in [9.17, 15) is 8.78 Å². The first-order chi connectivity index (χ1) is 8.10. The average molecular weight is 239 g/mol. The van der Waals surface area contributed by atoms with Crippen LogP contribution in [0.1, 0.15) is 44.1 Å². The summed E-state index contributed by atoms with van der Waals surface area (Å²) in [7, 11) is 0. The van der Waals surface area contributed by atoms with Crippen LogP contribution in [0.25, 0.3) is 0 Å². The molecule has 1 nitrogen and oxygen atoms in total. The molecule has 1 fully saturated rings. The minimum absolute atomic E-state index is 0.0269. The Morgan fingerprint density at radius 2 is 1.82 bits per heavy atom. The standard InChI is InChI=1S/C14H19F2N/c1-2-9-3-4-14(17)13(5-9)10-6-11(15)8-12(16)7-10/h6-9,13-14H,2-5,17H2,1H3. The fourth-order valence-corrected chi connectivity index (χ4v) is 2.82. The zero-order valence-electron chi connectivity index (χ0n) is 10.1. The van der Waals surface area contributed by atoms with Gasteiger partial charge in [-0.05, 0) is 48.8 Å². The normalized spacial score (nSPS) is 29.3. The van der Waals surface area contributed by atoms with E-state index in [1.165, 1.54) is 12.1 Å². The maximum Gasteiger partial charge on any atom is 0.126 e. The van der Waals surface area contributed by atoms with Crippen LogP contribution < -0.4 is 5.73 Å². The second-order valence-electron chi connectivity index (χ2n) is 5.06. The van der Waals surface area contributed by atoms with Crippen molar-refractivity contribution < 1.29 is 8.78 Å². The summed E-state index contributed by atoms with van der Waals surface area (Å²) in [5.74, 6) is -0.290. The van der Waals surface area contributed by atoms with Gasteiger partial charge in [0, 0.05) is 12.1 Å². The maximum atomic E-state index is 13.2. The lowest BCUT2D eigenvalue weighted by Crippen LogP contribution is -2.34. The summed E-state index contributed by atoms with van der Waals surface area (Å²) in [5.41, 5.74) is 6.80. The highest BCUT2D eigenvalue weighted by Crippen LogP contribution is 2.37. The zero-order chi connectivity index (χ0) is 12.4. The Bertz CT molecular complexity index is 372. The van der Waals surface area contributed by atoms with Gasteiger partial charge in [0.1, 0.15) is 11.6 Å². The van der Waals surface area contributed by atoms with Crippen LogP contribution in [0.15, 0.2) is 18.2 Å². The minimum atomic E-state index is -0.508. The third-order valence-corrected chi connectivity index (χ3v) is 3.90. The first-order valence-electron chi connectivity index (χ1n) is 6.31. The van der Waals surface area contributed by atoms with Crippen molar-refractivity contribution >= 4 is 0 Å². The van der Waals surface area contributed by atoms with Gasteiger partial charge in [-0.25, -0.2) is 8.78 Å². The minimum Gasteiger partial charge on any atom is -0.327 e. The summed E-state index contributed by atoms with van der Waals surface area (Å²) in [6, 6.07) is 3.78. The van der Waals surface area contributed by atoms with Gasteiger partial charge in [0.15, 0.2) is 0 Å². The first-order valence-corrected chi connectivity index (χ1v) is 6.31. The monoisotopic (exact) mass is 239 g/mol. The van der Waals surface area contributed by atoms with E-state index in [2.05, 4.69) is 6.92 Å². The van der Waals surface area contributed by atoms with E-state index in [-0.39, 0.29) is 12.0 Å². The average Bonchev–Trinajstić information content (AvgIpc) is 2.28. The summed E-state index contributed by atoms with van der Waals surface area (Å²) in [4.78, 5) is 0. The van der Waals surface area contributed by atoms with Crippen LogP contribution in [0.2, 0.25) is 0 Å². The van der Waals surface area contributed by atoms with Gasteiger partial charge in [0.2, 0.25) is 0 Å². The van der Waals surface area contributed by atoms with Crippen LogP contribution in [-0.2, 0) is 0 Å². The lowest BCUT2D eigenvalue weighted by molar-refractivity contribution is 0.281. The van der Waals surface area contributed by atoms with Gasteiger partial charge in [0.05, 0.1) is 0 Å². The van der Waals surface area contributed by atoms with Crippen LogP contribution in [0.3, 0.4) is 0 Å². The third kappa shape index (κ3) is 2.83. The SMILES string of the molecule is CCC1CCC(N)C(c2cc(F)cc(F)c2)C1. The quantitative estimate of drug-likeness (QED) is 0.838. The van der Waals surface area contributed by atoms with E-state index in [4.69, 9.17) is 5.73 Å². The molecule has 0 saturated heterocycles. The van der Waals surface area contributed by atoms with E-state index in [1.807, 2.05) is 0 Å². The Morgan fingerprint density at radius 3 is 2.41 bits per heavy atom. The van der Waals surface area contributed by atoms with E-state index in [1.54, 1.807) is 0 Å². The smallest absolute Gasteiger partial charge is 0.126 e. The summed E-state index contributed by atoms with van der Waals surface area (Å²) in [6.45, 7) is 2.16. The molecule has 1 aromatic rings. The highest BCUT2D eigenvalue weighted by Gasteiger charge is 2.28. The second kappa shape index (κ2) is 5.13. The molecule has 2 N–H and O–H groups in total. The van der Waals surface area contributed by atoms with Crippen molar-refractivity contribution in [3.63, 3.8) is 0 Å². The molecule has 1 aliphatic rings. The zero-order valence-corrected chi connectivity index (χ0v) is 10.1. The predicted molar refractivity (Wildman–Crippen MR) is 64.7 cm³/mol. The number of rotatable bonds is 2. The Morgan fingerprint density at radius 1 is 1.18 bits per heavy atom. The van der Waals surface area contributed by atoms with E-state index in [0.717, 1.165) is 31.7 Å². The molecule has 1 saturated carbocycles. The van der Waals surface area contributed by atoms with Crippen LogP contribution in [0.4, 0.5) is 8.78 Å². The molecule has 0 radical (unpaired) electrons. The molecule has 0 heterocycles. The molecule has 2 rings (SSSR count). The second-order valence-corrected chi connectivity index (χ2v) is 5.06. The Labute approximate surface area is 101 Å². The largest absolute Gasteiger partial charge is 0.327 e. The maximum absolute atomic E-state index is 13.2. The van der Waals surface area contributed by atoms with Gasteiger partial charge >= 0.3 is 0 Å². The molecule has 3 unspecified atom stereocenters. The van der Waals surface area contributed by atoms with Gasteiger partial charge < -0.3 is 5.73 Å². The van der Waals surface area contributed by atoms with E-state index >= 15 is 0 Å². The summed E-state index contributed by atoms with van der Waals surface area (Å²) in [6.07, 6.45) is 4.13. The van der Waals surface area contributed by atoms with Crippen molar-refractivity contribution in [3.8, 4) is 0 Å². The molecule has 1 aliphatic carbocycles. The third-order valence-electron chi connectivity index (χ3n) is 3.90. The number of nitrogens with two attached hydrogens (primary N) is 1. The molecule has 94 valence electrons. The summed E-state index contributed by atoms with van der Waals surface area (Å²) in [5, 5.41) is 0. The van der Waals surface area contributed by atoms with Crippen molar-refractivity contribution in [2.75, 3.05) is 0 Å². The fourth-order valence-electron chi connectivity index (χ4n) is 2.82. The molecule has 0 spiro atoms. The van der Waals surface area contributed by atoms with Crippen LogP contribution in [0, 0.1) is 17.6 Å². The summed E-state index contributed by atoms with van der Waals surface area (Å²) < 4.78 is 26.4. The molecule has 0 aliphatic heterocycles. The molecule has 3 atom stereocenters.